The average molecular weight is 298 g/mol. The van der Waals surface area contributed by atoms with E-state index in [0.29, 0.717) is 0 Å². The number of carbonyl (C=O) groups excluding carboxylic acids is 2. The third-order valence-electron chi connectivity index (χ3n) is 5.76. The first-order valence-corrected chi connectivity index (χ1v) is 8.31. The summed E-state index contributed by atoms with van der Waals surface area (Å²) in [6.07, 6.45) is 5.14. The zero-order valence-corrected chi connectivity index (χ0v) is 13.0. The van der Waals surface area contributed by atoms with Crippen LogP contribution in [0.4, 0.5) is 0 Å². The van der Waals surface area contributed by atoms with Gasteiger partial charge in [0.25, 0.3) is 0 Å². The molecule has 0 saturated carbocycles. The number of fused-ring (bicyclic) bond motifs is 2. The normalized spacial score (nSPS) is 32.0. The van der Waals surface area contributed by atoms with Crippen molar-refractivity contribution < 1.29 is 9.59 Å². The first-order valence-electron chi connectivity index (χ1n) is 8.31. The van der Waals surface area contributed by atoms with Crippen molar-refractivity contribution >= 4 is 11.8 Å². The first kappa shape index (κ1) is 13.9. The molecule has 2 amide bonds. The van der Waals surface area contributed by atoms with Gasteiger partial charge in [0.1, 0.15) is 6.04 Å². The molecule has 2 saturated heterocycles. The largest absolute Gasteiger partial charge is 0.291 e. The van der Waals surface area contributed by atoms with Gasteiger partial charge in [-0.25, -0.2) is 0 Å². The highest BCUT2D eigenvalue weighted by Gasteiger charge is 2.63. The highest BCUT2D eigenvalue weighted by molar-refractivity contribution is 6.12. The van der Waals surface area contributed by atoms with Gasteiger partial charge in [-0.05, 0) is 49.9 Å². The van der Waals surface area contributed by atoms with Gasteiger partial charge in [0.05, 0.1) is 5.41 Å². The van der Waals surface area contributed by atoms with Crippen molar-refractivity contribution in [2.45, 2.75) is 43.6 Å². The molecule has 1 aromatic rings. The lowest BCUT2D eigenvalue weighted by Gasteiger charge is -2.38. The molecular formula is C18H22N2O2. The van der Waals surface area contributed by atoms with Gasteiger partial charge in [0.2, 0.25) is 11.8 Å². The van der Waals surface area contributed by atoms with E-state index in [0.717, 1.165) is 44.3 Å². The van der Waals surface area contributed by atoms with Crippen LogP contribution in [-0.2, 0) is 21.4 Å². The molecule has 2 aliphatic heterocycles. The zero-order valence-electron chi connectivity index (χ0n) is 13.0. The topological polar surface area (TPSA) is 40.6 Å². The highest BCUT2D eigenvalue weighted by Crippen LogP contribution is 2.48. The van der Waals surface area contributed by atoms with Gasteiger partial charge in [-0.15, -0.1) is 0 Å². The molecule has 2 heterocycles. The minimum Gasteiger partial charge on any atom is -0.291 e. The van der Waals surface area contributed by atoms with Crippen molar-refractivity contribution in [1.29, 1.82) is 0 Å². The smallest absolute Gasteiger partial charge is 0.247 e. The van der Waals surface area contributed by atoms with E-state index < -0.39 is 5.41 Å². The molecule has 1 spiro atoms. The average Bonchev–Trinajstić information content (AvgIpc) is 3.03. The lowest BCUT2D eigenvalue weighted by Crippen LogP contribution is -2.53. The summed E-state index contributed by atoms with van der Waals surface area (Å²) >= 11 is 0. The van der Waals surface area contributed by atoms with Crippen LogP contribution in [0.15, 0.2) is 24.3 Å². The van der Waals surface area contributed by atoms with Crippen LogP contribution in [0.1, 0.15) is 36.8 Å². The van der Waals surface area contributed by atoms with Gasteiger partial charge in [-0.2, -0.15) is 0 Å². The van der Waals surface area contributed by atoms with Crippen LogP contribution >= 0.6 is 0 Å². The summed E-state index contributed by atoms with van der Waals surface area (Å²) in [5.74, 6) is -0.0124. The predicted molar refractivity (Wildman–Crippen MR) is 83.4 cm³/mol. The molecule has 0 aromatic heterocycles. The lowest BCUT2D eigenvalue weighted by atomic mass is 9.75. The molecule has 116 valence electrons. The number of hydrogen-bond acceptors (Lipinski definition) is 3. The van der Waals surface area contributed by atoms with E-state index >= 15 is 0 Å². The number of imide groups is 1. The summed E-state index contributed by atoms with van der Waals surface area (Å²) in [4.78, 5) is 29.5. The standard InChI is InChI=1S/C18H22N2O2/c1-19-16(21)15(20-11-5-2-6-12-20)18(17(19)22)10-9-13-7-3-4-8-14(13)18/h3-4,7-8,15H,2,5-6,9-12H2,1H3. The first-order chi connectivity index (χ1) is 10.7. The molecule has 1 aromatic carbocycles. The van der Waals surface area contributed by atoms with Crippen LogP contribution in [0.5, 0.6) is 0 Å². The lowest BCUT2D eigenvalue weighted by molar-refractivity contribution is -0.138. The number of likely N-dealkylation sites (N-methyl/N-ethyl adjacent to an activating group) is 1. The Labute approximate surface area is 131 Å². The van der Waals surface area contributed by atoms with E-state index in [1.54, 1.807) is 7.05 Å². The maximum Gasteiger partial charge on any atom is 0.247 e. The summed E-state index contributed by atoms with van der Waals surface area (Å²) < 4.78 is 0. The number of piperidine rings is 1. The third-order valence-corrected chi connectivity index (χ3v) is 5.76. The summed E-state index contributed by atoms with van der Waals surface area (Å²) in [6.45, 7) is 1.86. The van der Waals surface area contributed by atoms with Gasteiger partial charge in [-0.3, -0.25) is 19.4 Å². The Balaban J connectivity index is 1.85. The van der Waals surface area contributed by atoms with E-state index in [1.165, 1.54) is 16.9 Å². The van der Waals surface area contributed by atoms with Crippen LogP contribution in [0.3, 0.4) is 0 Å². The van der Waals surface area contributed by atoms with E-state index in [-0.39, 0.29) is 17.9 Å². The van der Waals surface area contributed by atoms with Crippen LogP contribution < -0.4 is 0 Å². The third kappa shape index (κ3) is 1.67. The second-order valence-corrected chi connectivity index (χ2v) is 6.83. The Bertz CT molecular complexity index is 636. The summed E-state index contributed by atoms with van der Waals surface area (Å²) in [7, 11) is 1.65. The zero-order chi connectivity index (χ0) is 15.3. The van der Waals surface area contributed by atoms with Crippen LogP contribution in [0.2, 0.25) is 0 Å². The molecule has 4 nitrogen and oxygen atoms in total. The number of aryl methyl sites for hydroxylation is 1. The molecule has 22 heavy (non-hydrogen) atoms. The highest BCUT2D eigenvalue weighted by atomic mass is 16.2. The van der Waals surface area contributed by atoms with Crippen LogP contribution in [0.25, 0.3) is 0 Å². The number of carbonyl (C=O) groups is 2. The summed E-state index contributed by atoms with van der Waals surface area (Å²) in [6, 6.07) is 7.89. The van der Waals surface area contributed by atoms with E-state index in [2.05, 4.69) is 17.0 Å². The molecule has 2 fully saturated rings. The van der Waals surface area contributed by atoms with E-state index in [4.69, 9.17) is 0 Å². The van der Waals surface area contributed by atoms with Crippen molar-refractivity contribution in [3.05, 3.63) is 35.4 Å². The summed E-state index contributed by atoms with van der Waals surface area (Å²) in [5, 5.41) is 0. The Kier molecular flexibility index (Phi) is 3.12. The molecule has 0 radical (unpaired) electrons. The number of amides is 2. The van der Waals surface area contributed by atoms with Gasteiger partial charge in [-0.1, -0.05) is 30.7 Å². The Morgan fingerprint density at radius 1 is 1.09 bits per heavy atom. The number of benzene rings is 1. The summed E-state index contributed by atoms with van der Waals surface area (Å²) in [5.41, 5.74) is 1.69. The fourth-order valence-electron chi connectivity index (χ4n) is 4.70. The Morgan fingerprint density at radius 3 is 2.59 bits per heavy atom. The van der Waals surface area contributed by atoms with Crippen molar-refractivity contribution in [2.75, 3.05) is 20.1 Å². The molecule has 3 aliphatic rings. The molecule has 2 unspecified atom stereocenters. The monoisotopic (exact) mass is 298 g/mol. The second kappa shape index (κ2) is 4.92. The quantitative estimate of drug-likeness (QED) is 0.741. The van der Waals surface area contributed by atoms with E-state index in [9.17, 15) is 9.59 Å². The van der Waals surface area contributed by atoms with Gasteiger partial charge in [0, 0.05) is 7.05 Å². The molecule has 1 aliphatic carbocycles. The van der Waals surface area contributed by atoms with E-state index in [1.807, 2.05) is 12.1 Å². The van der Waals surface area contributed by atoms with Crippen molar-refractivity contribution in [3.8, 4) is 0 Å². The number of likely N-dealkylation sites (tertiary alicyclic amines) is 2. The van der Waals surface area contributed by atoms with Crippen molar-refractivity contribution in [2.24, 2.45) is 0 Å². The van der Waals surface area contributed by atoms with Gasteiger partial charge >= 0.3 is 0 Å². The Hall–Kier alpha value is -1.68. The molecule has 2 atom stereocenters. The molecular weight excluding hydrogens is 276 g/mol. The fraction of sp³-hybridized carbons (Fsp3) is 0.556. The SMILES string of the molecule is CN1C(=O)C(N2CCCCC2)C2(CCc3ccccc32)C1=O. The molecule has 4 heteroatoms. The Morgan fingerprint density at radius 2 is 1.82 bits per heavy atom. The molecule has 0 bridgehead atoms. The van der Waals surface area contributed by atoms with Crippen LogP contribution in [0, 0.1) is 0 Å². The molecule has 0 N–H and O–H groups in total. The molecule has 4 rings (SSSR count). The van der Waals surface area contributed by atoms with Crippen molar-refractivity contribution in [1.82, 2.24) is 9.80 Å². The number of nitrogens with zero attached hydrogens (tertiary/aromatic N) is 2. The van der Waals surface area contributed by atoms with Crippen LogP contribution in [-0.4, -0.2) is 47.8 Å². The van der Waals surface area contributed by atoms with Crippen molar-refractivity contribution in [3.63, 3.8) is 0 Å². The minimum atomic E-state index is -0.639. The maximum absolute atomic E-state index is 13.0. The second-order valence-electron chi connectivity index (χ2n) is 6.83. The maximum atomic E-state index is 13.0. The number of hydrogen-bond donors (Lipinski definition) is 0. The van der Waals surface area contributed by atoms with Gasteiger partial charge < -0.3 is 0 Å². The number of rotatable bonds is 1. The van der Waals surface area contributed by atoms with Gasteiger partial charge in [0.15, 0.2) is 0 Å². The fourth-order valence-corrected chi connectivity index (χ4v) is 4.70. The predicted octanol–water partition coefficient (Wildman–Crippen LogP) is 1.72. The minimum absolute atomic E-state index is 0.00183.